The van der Waals surface area contributed by atoms with E-state index in [4.69, 9.17) is 10.3 Å². The number of nitrogens with two attached hydrogens (primary N) is 1. The first-order valence-corrected chi connectivity index (χ1v) is 10.3. The molecule has 0 bridgehead atoms. The van der Waals surface area contributed by atoms with Crippen LogP contribution < -0.4 is 5.73 Å². The molecule has 1 aromatic rings. The molecule has 1 aliphatic rings. The second-order valence-electron chi connectivity index (χ2n) is 7.89. The van der Waals surface area contributed by atoms with Gasteiger partial charge < -0.3 is 15.2 Å². The number of hydrogen-bond donors (Lipinski definition) is 1. The average Bonchev–Trinajstić information content (AvgIpc) is 2.93. The van der Waals surface area contributed by atoms with Crippen molar-refractivity contribution in [2.75, 3.05) is 33.2 Å². The van der Waals surface area contributed by atoms with Crippen molar-refractivity contribution in [2.45, 2.75) is 45.4 Å². The number of amides is 1. The molecule has 9 heteroatoms. The molecule has 2 rings (SSSR count). The largest absolute Gasteiger partial charge is 0.360 e. The number of piperidine rings is 1. The Morgan fingerprint density at radius 1 is 1.35 bits per heavy atom. The lowest BCUT2D eigenvalue weighted by Gasteiger charge is -2.35. The number of sulfonamides is 1. The Labute approximate surface area is 155 Å². The van der Waals surface area contributed by atoms with Crippen molar-refractivity contribution in [2.24, 2.45) is 17.1 Å². The molecule has 1 saturated heterocycles. The number of aromatic nitrogens is 1. The van der Waals surface area contributed by atoms with E-state index in [2.05, 4.69) is 5.16 Å². The zero-order chi connectivity index (χ0) is 19.7. The fourth-order valence-corrected chi connectivity index (χ4v) is 5.17. The highest BCUT2D eigenvalue weighted by Crippen LogP contribution is 2.28. The van der Waals surface area contributed by atoms with Crippen LogP contribution in [0.2, 0.25) is 0 Å². The smallest absolute Gasteiger partial charge is 0.248 e. The van der Waals surface area contributed by atoms with Crippen molar-refractivity contribution in [3.05, 3.63) is 11.5 Å². The molecule has 1 aliphatic heterocycles. The molecular weight excluding hydrogens is 356 g/mol. The summed E-state index contributed by atoms with van der Waals surface area (Å²) in [5.41, 5.74) is 5.97. The highest BCUT2D eigenvalue weighted by molar-refractivity contribution is 7.89. The van der Waals surface area contributed by atoms with Crippen molar-refractivity contribution in [1.82, 2.24) is 14.4 Å². The number of carbonyl (C=O) groups is 1. The van der Waals surface area contributed by atoms with Gasteiger partial charge in [-0.2, -0.15) is 4.31 Å². The topological polar surface area (TPSA) is 110 Å². The summed E-state index contributed by atoms with van der Waals surface area (Å²) in [5, 5.41) is 3.73. The van der Waals surface area contributed by atoms with Gasteiger partial charge in [-0.05, 0) is 38.6 Å². The third kappa shape index (κ3) is 4.27. The van der Waals surface area contributed by atoms with Gasteiger partial charge in [-0.1, -0.05) is 19.0 Å². The Bertz CT molecular complexity index is 729. The van der Waals surface area contributed by atoms with Gasteiger partial charge in [-0.25, -0.2) is 8.42 Å². The van der Waals surface area contributed by atoms with E-state index in [1.165, 1.54) is 4.31 Å². The molecule has 0 aromatic carbocycles. The molecule has 2 heterocycles. The second kappa shape index (κ2) is 7.66. The standard InChI is InChI=1S/C17H30N4O4S/c1-12-15(13(2)25-19-12)26(23,24)21-8-6-14(7-9-21)16(22)20(5)11-17(3,4)10-18/h14H,6-11,18H2,1-5H3. The van der Waals surface area contributed by atoms with Gasteiger partial charge >= 0.3 is 0 Å². The maximum atomic E-state index is 12.8. The summed E-state index contributed by atoms with van der Waals surface area (Å²) < 4.78 is 32.1. The molecule has 0 saturated carbocycles. The van der Waals surface area contributed by atoms with Crippen LogP contribution in [-0.4, -0.2) is 61.9 Å². The summed E-state index contributed by atoms with van der Waals surface area (Å²) in [6, 6.07) is 0. The van der Waals surface area contributed by atoms with E-state index < -0.39 is 10.0 Å². The highest BCUT2D eigenvalue weighted by atomic mass is 32.2. The second-order valence-corrected chi connectivity index (χ2v) is 9.77. The summed E-state index contributed by atoms with van der Waals surface area (Å²) in [6.45, 7) is 8.97. The Hall–Kier alpha value is -1.45. The van der Waals surface area contributed by atoms with Gasteiger partial charge in [0.2, 0.25) is 15.9 Å². The summed E-state index contributed by atoms with van der Waals surface area (Å²) in [7, 11) is -1.86. The lowest BCUT2D eigenvalue weighted by Crippen LogP contribution is -2.46. The van der Waals surface area contributed by atoms with Crippen LogP contribution in [0.15, 0.2) is 9.42 Å². The van der Waals surface area contributed by atoms with Crippen LogP contribution in [0.4, 0.5) is 0 Å². The molecule has 1 amide bonds. The predicted molar refractivity (Wildman–Crippen MR) is 97.9 cm³/mol. The van der Waals surface area contributed by atoms with E-state index in [9.17, 15) is 13.2 Å². The first-order valence-electron chi connectivity index (χ1n) is 8.87. The molecule has 0 radical (unpaired) electrons. The van der Waals surface area contributed by atoms with Gasteiger partial charge in [0, 0.05) is 32.6 Å². The molecule has 2 N–H and O–H groups in total. The Morgan fingerprint density at radius 2 is 1.92 bits per heavy atom. The molecule has 148 valence electrons. The normalized spacial score (nSPS) is 17.5. The summed E-state index contributed by atoms with van der Waals surface area (Å²) in [5.74, 6) is 0.190. The molecule has 1 fully saturated rings. The minimum atomic E-state index is -3.65. The minimum absolute atomic E-state index is 0.0564. The molecular formula is C17H30N4O4S. The molecule has 8 nitrogen and oxygen atoms in total. The average molecular weight is 387 g/mol. The zero-order valence-electron chi connectivity index (χ0n) is 16.3. The van der Waals surface area contributed by atoms with E-state index in [-0.39, 0.29) is 22.1 Å². The van der Waals surface area contributed by atoms with Gasteiger partial charge in [0.05, 0.1) is 0 Å². The monoisotopic (exact) mass is 386 g/mol. The molecule has 0 atom stereocenters. The SMILES string of the molecule is Cc1noc(C)c1S(=O)(=O)N1CCC(C(=O)N(C)CC(C)(C)CN)CC1. The molecule has 0 spiro atoms. The lowest BCUT2D eigenvalue weighted by atomic mass is 9.91. The zero-order valence-corrected chi connectivity index (χ0v) is 17.1. The fraction of sp³-hybridized carbons (Fsp3) is 0.765. The van der Waals surface area contributed by atoms with Crippen LogP contribution in [-0.2, 0) is 14.8 Å². The van der Waals surface area contributed by atoms with Crippen LogP contribution in [0.1, 0.15) is 38.1 Å². The molecule has 0 unspecified atom stereocenters. The summed E-state index contributed by atoms with van der Waals surface area (Å²) >= 11 is 0. The highest BCUT2D eigenvalue weighted by Gasteiger charge is 2.36. The van der Waals surface area contributed by atoms with Crippen LogP contribution in [0.5, 0.6) is 0 Å². The minimum Gasteiger partial charge on any atom is -0.360 e. The van der Waals surface area contributed by atoms with E-state index in [0.717, 1.165) is 0 Å². The van der Waals surface area contributed by atoms with Crippen molar-refractivity contribution in [1.29, 1.82) is 0 Å². The Balaban J connectivity index is 2.02. The summed E-state index contributed by atoms with van der Waals surface area (Å²) in [4.78, 5) is 14.5. The van der Waals surface area contributed by atoms with E-state index in [0.29, 0.717) is 50.5 Å². The van der Waals surface area contributed by atoms with Gasteiger partial charge in [0.1, 0.15) is 10.6 Å². The maximum absolute atomic E-state index is 12.8. The molecule has 1 aromatic heterocycles. The van der Waals surface area contributed by atoms with Gasteiger partial charge in [0.25, 0.3) is 0 Å². The van der Waals surface area contributed by atoms with Crippen molar-refractivity contribution in [3.63, 3.8) is 0 Å². The number of nitrogens with zero attached hydrogens (tertiary/aromatic N) is 3. The van der Waals surface area contributed by atoms with Crippen molar-refractivity contribution >= 4 is 15.9 Å². The lowest BCUT2D eigenvalue weighted by molar-refractivity contribution is -0.136. The Kier molecular flexibility index (Phi) is 6.14. The van der Waals surface area contributed by atoms with Gasteiger partial charge in [-0.15, -0.1) is 0 Å². The summed E-state index contributed by atoms with van der Waals surface area (Å²) in [6.07, 6.45) is 1.02. The van der Waals surface area contributed by atoms with E-state index >= 15 is 0 Å². The van der Waals surface area contributed by atoms with E-state index in [1.54, 1.807) is 25.8 Å². The predicted octanol–water partition coefficient (Wildman–Crippen LogP) is 1.14. The third-order valence-electron chi connectivity index (χ3n) is 4.96. The fourth-order valence-electron chi connectivity index (χ4n) is 3.41. The quantitative estimate of drug-likeness (QED) is 0.785. The maximum Gasteiger partial charge on any atom is 0.248 e. The van der Waals surface area contributed by atoms with Crippen LogP contribution in [0.3, 0.4) is 0 Å². The van der Waals surface area contributed by atoms with Crippen LogP contribution >= 0.6 is 0 Å². The first-order chi connectivity index (χ1) is 12.0. The van der Waals surface area contributed by atoms with E-state index in [1.807, 2.05) is 13.8 Å². The van der Waals surface area contributed by atoms with Crippen LogP contribution in [0.25, 0.3) is 0 Å². The Morgan fingerprint density at radius 3 is 2.38 bits per heavy atom. The first kappa shape index (κ1) is 20.9. The number of rotatable bonds is 6. The van der Waals surface area contributed by atoms with Gasteiger partial charge in [0.15, 0.2) is 5.76 Å². The number of aryl methyl sites for hydroxylation is 2. The molecule has 26 heavy (non-hydrogen) atoms. The number of carbonyl (C=O) groups excluding carboxylic acids is 1. The van der Waals surface area contributed by atoms with Crippen molar-refractivity contribution < 1.29 is 17.7 Å². The van der Waals surface area contributed by atoms with Gasteiger partial charge in [-0.3, -0.25) is 4.79 Å². The van der Waals surface area contributed by atoms with Crippen molar-refractivity contribution in [3.8, 4) is 0 Å². The van der Waals surface area contributed by atoms with Crippen LogP contribution in [0, 0.1) is 25.2 Å². The third-order valence-corrected chi connectivity index (χ3v) is 7.11. The molecule has 0 aliphatic carbocycles. The number of hydrogen-bond acceptors (Lipinski definition) is 6.